The van der Waals surface area contributed by atoms with Crippen molar-refractivity contribution in [1.82, 2.24) is 10.2 Å². The van der Waals surface area contributed by atoms with Crippen LogP contribution in [0.2, 0.25) is 0 Å². The summed E-state index contributed by atoms with van der Waals surface area (Å²) < 4.78 is 0. The lowest BCUT2D eigenvalue weighted by Gasteiger charge is -2.30. The molecule has 3 nitrogen and oxygen atoms in total. The first-order chi connectivity index (χ1) is 9.75. The number of amides is 1. The highest BCUT2D eigenvalue weighted by molar-refractivity contribution is 7.99. The highest BCUT2D eigenvalue weighted by Gasteiger charge is 2.38. The molecule has 0 saturated carbocycles. The second-order valence-electron chi connectivity index (χ2n) is 5.75. The molecule has 0 radical (unpaired) electrons. The van der Waals surface area contributed by atoms with E-state index in [1.165, 1.54) is 29.9 Å². The van der Waals surface area contributed by atoms with Crippen LogP contribution in [0.3, 0.4) is 0 Å². The van der Waals surface area contributed by atoms with Gasteiger partial charge in [0.1, 0.15) is 6.17 Å². The van der Waals surface area contributed by atoms with Gasteiger partial charge in [-0.1, -0.05) is 30.3 Å². The van der Waals surface area contributed by atoms with Crippen LogP contribution in [0.4, 0.5) is 0 Å². The maximum atomic E-state index is 12.4. The Bertz CT molecular complexity index is 459. The smallest absolute Gasteiger partial charge is 0.241 e. The van der Waals surface area contributed by atoms with Gasteiger partial charge in [-0.05, 0) is 42.8 Å². The van der Waals surface area contributed by atoms with Crippen molar-refractivity contribution in [2.45, 2.75) is 32.0 Å². The number of rotatable bonds is 3. The van der Waals surface area contributed by atoms with Crippen LogP contribution in [0, 0.1) is 5.92 Å². The maximum absolute atomic E-state index is 12.4. The Labute approximate surface area is 125 Å². The number of nitrogens with zero attached hydrogens (tertiary/aromatic N) is 1. The summed E-state index contributed by atoms with van der Waals surface area (Å²) in [6, 6.07) is 10.2. The molecule has 20 heavy (non-hydrogen) atoms. The monoisotopic (exact) mass is 290 g/mol. The van der Waals surface area contributed by atoms with Gasteiger partial charge in [-0.25, -0.2) is 0 Å². The number of hydrogen-bond acceptors (Lipinski definition) is 3. The van der Waals surface area contributed by atoms with E-state index in [1.807, 2.05) is 36.9 Å². The minimum atomic E-state index is -0.0711. The van der Waals surface area contributed by atoms with E-state index in [1.54, 1.807) is 0 Å². The number of benzene rings is 1. The van der Waals surface area contributed by atoms with Crippen molar-refractivity contribution in [3.63, 3.8) is 0 Å². The van der Waals surface area contributed by atoms with Gasteiger partial charge in [0.15, 0.2) is 0 Å². The van der Waals surface area contributed by atoms with Crippen molar-refractivity contribution in [3.05, 3.63) is 35.9 Å². The first-order valence-electron chi connectivity index (χ1n) is 7.45. The third-order valence-electron chi connectivity index (χ3n) is 4.28. The van der Waals surface area contributed by atoms with Crippen LogP contribution in [0.5, 0.6) is 0 Å². The summed E-state index contributed by atoms with van der Waals surface area (Å²) in [5.74, 6) is 3.40. The largest absolute Gasteiger partial charge is 0.321 e. The van der Waals surface area contributed by atoms with Gasteiger partial charge in [0.05, 0.1) is 6.04 Å². The molecular formula is C16H22N2OS. The van der Waals surface area contributed by atoms with E-state index in [0.717, 1.165) is 6.54 Å². The summed E-state index contributed by atoms with van der Waals surface area (Å²) in [4.78, 5) is 14.5. The predicted octanol–water partition coefficient (Wildman–Crippen LogP) is 2.65. The molecule has 2 unspecified atom stereocenters. The van der Waals surface area contributed by atoms with Gasteiger partial charge in [-0.2, -0.15) is 11.8 Å². The minimum Gasteiger partial charge on any atom is -0.321 e. The predicted molar refractivity (Wildman–Crippen MR) is 83.5 cm³/mol. The van der Waals surface area contributed by atoms with Crippen LogP contribution < -0.4 is 5.32 Å². The Morgan fingerprint density at radius 1 is 1.25 bits per heavy atom. The standard InChI is InChI=1S/C16H22N2OS/c1-12-16(19)18(11-13-7-9-20-10-8-13)15(17-12)14-5-3-2-4-6-14/h2-6,12-13,15,17H,7-11H2,1H3. The molecule has 0 bridgehead atoms. The van der Waals surface area contributed by atoms with Gasteiger partial charge in [0.2, 0.25) is 5.91 Å². The molecule has 0 aliphatic carbocycles. The molecule has 0 spiro atoms. The molecular weight excluding hydrogens is 268 g/mol. The summed E-state index contributed by atoms with van der Waals surface area (Å²) in [6.45, 7) is 2.87. The van der Waals surface area contributed by atoms with E-state index in [2.05, 4.69) is 22.3 Å². The molecule has 4 heteroatoms. The SMILES string of the molecule is CC1NC(c2ccccc2)N(CC2CCSCC2)C1=O. The molecule has 2 aliphatic rings. The van der Waals surface area contributed by atoms with Gasteiger partial charge in [0, 0.05) is 6.54 Å². The molecule has 2 fully saturated rings. The molecule has 2 heterocycles. The van der Waals surface area contributed by atoms with E-state index in [0.29, 0.717) is 5.92 Å². The lowest BCUT2D eigenvalue weighted by molar-refractivity contribution is -0.130. The highest BCUT2D eigenvalue weighted by atomic mass is 32.2. The molecule has 1 N–H and O–H groups in total. The summed E-state index contributed by atoms with van der Waals surface area (Å²) in [5.41, 5.74) is 1.19. The molecule has 1 aromatic rings. The van der Waals surface area contributed by atoms with Gasteiger partial charge in [0.25, 0.3) is 0 Å². The van der Waals surface area contributed by atoms with Gasteiger partial charge in [-0.15, -0.1) is 0 Å². The van der Waals surface area contributed by atoms with Crippen molar-refractivity contribution < 1.29 is 4.79 Å². The molecule has 1 aromatic carbocycles. The molecule has 108 valence electrons. The Kier molecular flexibility index (Phi) is 4.32. The van der Waals surface area contributed by atoms with Crippen LogP contribution in [0.25, 0.3) is 0 Å². The number of thioether (sulfide) groups is 1. The van der Waals surface area contributed by atoms with Gasteiger partial charge < -0.3 is 4.90 Å². The topological polar surface area (TPSA) is 32.3 Å². The normalized spacial score (nSPS) is 28.1. The zero-order chi connectivity index (χ0) is 13.9. The number of carbonyl (C=O) groups excluding carboxylic acids is 1. The van der Waals surface area contributed by atoms with Crippen molar-refractivity contribution in [2.75, 3.05) is 18.1 Å². The van der Waals surface area contributed by atoms with Crippen LogP contribution >= 0.6 is 11.8 Å². The minimum absolute atomic E-state index is 0.0493. The average molecular weight is 290 g/mol. The Hall–Kier alpha value is -1.00. The first kappa shape index (κ1) is 14.0. The fourth-order valence-corrected chi connectivity index (χ4v) is 4.29. The zero-order valence-electron chi connectivity index (χ0n) is 11.9. The maximum Gasteiger partial charge on any atom is 0.241 e. The molecule has 0 aromatic heterocycles. The molecule has 2 saturated heterocycles. The van der Waals surface area contributed by atoms with E-state index >= 15 is 0 Å². The fourth-order valence-electron chi connectivity index (χ4n) is 3.09. The highest BCUT2D eigenvalue weighted by Crippen LogP contribution is 2.30. The summed E-state index contributed by atoms with van der Waals surface area (Å²) in [6.07, 6.45) is 2.53. The second-order valence-corrected chi connectivity index (χ2v) is 6.97. The molecule has 1 amide bonds. The van der Waals surface area contributed by atoms with E-state index in [9.17, 15) is 4.79 Å². The van der Waals surface area contributed by atoms with Crippen LogP contribution in [-0.2, 0) is 4.79 Å². The lowest BCUT2D eigenvalue weighted by Crippen LogP contribution is -2.36. The van der Waals surface area contributed by atoms with E-state index < -0.39 is 0 Å². The molecule has 3 rings (SSSR count). The first-order valence-corrected chi connectivity index (χ1v) is 8.60. The van der Waals surface area contributed by atoms with Crippen molar-refractivity contribution >= 4 is 17.7 Å². The summed E-state index contributed by atoms with van der Waals surface area (Å²) >= 11 is 2.04. The quantitative estimate of drug-likeness (QED) is 0.929. The zero-order valence-corrected chi connectivity index (χ0v) is 12.7. The Balaban J connectivity index is 1.76. The molecule has 2 aliphatic heterocycles. The number of carbonyl (C=O) groups is 1. The molecule has 2 atom stereocenters. The van der Waals surface area contributed by atoms with Gasteiger partial charge >= 0.3 is 0 Å². The Morgan fingerprint density at radius 3 is 2.65 bits per heavy atom. The van der Waals surface area contributed by atoms with Crippen LogP contribution in [-0.4, -0.2) is 34.9 Å². The number of hydrogen-bond donors (Lipinski definition) is 1. The third-order valence-corrected chi connectivity index (χ3v) is 5.33. The summed E-state index contributed by atoms with van der Waals surface area (Å²) in [5, 5.41) is 3.43. The van der Waals surface area contributed by atoms with Crippen LogP contribution in [0.15, 0.2) is 30.3 Å². The van der Waals surface area contributed by atoms with Crippen LogP contribution in [0.1, 0.15) is 31.5 Å². The second kappa shape index (κ2) is 6.19. The van der Waals surface area contributed by atoms with Crippen molar-refractivity contribution in [2.24, 2.45) is 5.92 Å². The number of nitrogens with one attached hydrogen (secondary N) is 1. The Morgan fingerprint density at radius 2 is 1.95 bits per heavy atom. The van der Waals surface area contributed by atoms with E-state index in [-0.39, 0.29) is 18.1 Å². The lowest BCUT2D eigenvalue weighted by atomic mass is 10.0. The fraction of sp³-hybridized carbons (Fsp3) is 0.562. The summed E-state index contributed by atoms with van der Waals surface area (Å²) in [7, 11) is 0. The van der Waals surface area contributed by atoms with Gasteiger partial charge in [-0.3, -0.25) is 10.1 Å². The van der Waals surface area contributed by atoms with Crippen molar-refractivity contribution in [3.8, 4) is 0 Å². The average Bonchev–Trinajstić information content (AvgIpc) is 2.78. The van der Waals surface area contributed by atoms with Crippen molar-refractivity contribution in [1.29, 1.82) is 0 Å². The van der Waals surface area contributed by atoms with E-state index in [4.69, 9.17) is 0 Å². The third kappa shape index (κ3) is 2.86.